The van der Waals surface area contributed by atoms with E-state index in [0.29, 0.717) is 0 Å². The monoisotopic (exact) mass is 1840 g/mol. The lowest BCUT2D eigenvalue weighted by Crippen LogP contribution is -2.71. The van der Waals surface area contributed by atoms with Crippen LogP contribution in [0, 0.1) is 0 Å². The summed E-state index contributed by atoms with van der Waals surface area (Å²) in [7, 11) is 0. The molecule has 8 aliphatic rings. The number of carboxylic acids is 5. The lowest BCUT2D eigenvalue weighted by atomic mass is 9.88. The van der Waals surface area contributed by atoms with E-state index in [2.05, 4.69) is 10.6 Å². The number of carbonyl (C=O) groups excluding carboxylic acids is 2. The van der Waals surface area contributed by atoms with Crippen molar-refractivity contribution in [2.75, 3.05) is 52.9 Å². The van der Waals surface area contributed by atoms with Gasteiger partial charge in [-0.25, -0.2) is 24.0 Å². The normalized spacial score (nSPS) is 43.9. The first-order chi connectivity index (χ1) is 58.3. The molecule has 125 heavy (non-hydrogen) atoms. The van der Waals surface area contributed by atoms with E-state index in [4.69, 9.17) is 71.1 Å². The van der Waals surface area contributed by atoms with Gasteiger partial charge in [0.05, 0.1) is 83.4 Å². The Morgan fingerprint density at radius 2 is 0.632 bits per heavy atom. The van der Waals surface area contributed by atoms with Crippen molar-refractivity contribution < 1.29 is 278 Å². The topological polar surface area (TPSA) is 970 Å². The van der Waals surface area contributed by atoms with Gasteiger partial charge in [-0.05, 0) is 0 Å². The highest BCUT2D eigenvalue weighted by Crippen LogP contribution is 2.45. The van der Waals surface area contributed by atoms with Crippen molar-refractivity contribution in [2.24, 2.45) is 0 Å². The molecule has 8 rings (SSSR count). The van der Waals surface area contributed by atoms with Crippen LogP contribution in [0.3, 0.4) is 0 Å². The number of carboxylic acid groups (broad SMARTS) is 5. The summed E-state index contributed by atoms with van der Waals surface area (Å²) < 4.78 is 83.8. The Bertz CT molecular complexity index is 3570. The summed E-state index contributed by atoms with van der Waals surface area (Å²) in [6.07, 6.45) is -101. The second-order valence-corrected chi connectivity index (χ2v) is 31.0. The first kappa shape index (κ1) is 105. The molecule has 0 unspecified atom stereocenters. The van der Waals surface area contributed by atoms with Gasteiger partial charge >= 0.3 is 29.8 Å². The largest absolute Gasteiger partial charge is 0.477 e. The summed E-state index contributed by atoms with van der Waals surface area (Å²) in [5.41, 5.74) is 0. The van der Waals surface area contributed by atoms with Gasteiger partial charge in [0.15, 0.2) is 18.9 Å². The molecule has 58 heteroatoms. The lowest BCUT2D eigenvalue weighted by Gasteiger charge is -2.51. The molecule has 8 saturated heterocycles. The number of ether oxygens (including phenoxy) is 15. The predicted molar refractivity (Wildman–Crippen MR) is 374 cm³/mol. The van der Waals surface area contributed by atoms with Crippen LogP contribution < -0.4 is 10.6 Å². The van der Waals surface area contributed by atoms with E-state index >= 15 is 0 Å². The molecule has 0 saturated carbocycles. The van der Waals surface area contributed by atoms with Gasteiger partial charge in [-0.3, -0.25) is 9.59 Å². The molecule has 8 heterocycles. The summed E-state index contributed by atoms with van der Waals surface area (Å²) in [4.78, 5) is 92.0. The zero-order valence-electron chi connectivity index (χ0n) is 65.5. The minimum atomic E-state index is -3.72. The minimum Gasteiger partial charge on any atom is -0.477 e. The Morgan fingerprint density at radius 3 is 0.968 bits per heavy atom. The number of carbonyl (C=O) groups is 7. The number of aliphatic carboxylic acids is 5. The van der Waals surface area contributed by atoms with Gasteiger partial charge in [0.1, 0.15) is 195 Å². The van der Waals surface area contributed by atoms with Gasteiger partial charge < -0.3 is 255 Å². The standard InChI is InChI=1S/C67H108N2O56/c1-16(77)68-31-47(115-56-32(69-17(2)78)48(40(93)25(10-72)113-56)116-57-46(99)54(41(94)26(11-73)114-57)125-67(62(109)110)7-22(83)34(87)50(122-67)39(92)24(85)9-71)45(98)30(112-55(31)100)15-111-63(58(101)102)3-18(79)35(88)51(120-63)42(95)27(12-74)118-65(60(105)106)5-20(81)37(90)53(123-65)44(97)29(14-76)119-66(61(107)108)6-21(82)36(89)52(124-66)43(96)28(13-75)117-64(59(103)104)4-19(80)33(86)49(121-64)38(91)23(84)8-70/h18-57,70-76,79-100H,3-15H2,1-2H3,(H,68,77)(H,69,78)(H,101,102)(H,103,104)(H,105,106)(H,107,108)(H,109,110)/t18-,19-,20-,21-,22-,23+,24+,25+,26+,27+,28+,29+,30+,31+,32+,33+,34+,35+,36+,37+,38+,39+,40-,41-,42+,43+,44+,45-,46+,47+,48+,49+,50+,51+,52+,53+,54-,55-,56+,57-,63+,64+,65+,66+,67-/m0/s1. The lowest BCUT2D eigenvalue weighted by molar-refractivity contribution is -0.388. The average molecular weight is 1840 g/mol. The number of hydrogen-bond acceptors (Lipinski definition) is 51. The highest BCUT2D eigenvalue weighted by atomic mass is 16.8. The quantitative estimate of drug-likeness (QED) is 0.0272. The third kappa shape index (κ3) is 22.0. The fraction of sp³-hybridized carbons (Fsp3) is 0.896. The van der Waals surface area contributed by atoms with Crippen LogP contribution >= 0.6 is 0 Å². The van der Waals surface area contributed by atoms with Crippen molar-refractivity contribution in [3.63, 3.8) is 0 Å². The van der Waals surface area contributed by atoms with Crippen LogP contribution in [0.1, 0.15) is 46.0 Å². The van der Waals surface area contributed by atoms with Crippen LogP contribution in [-0.2, 0) is 105 Å². The summed E-state index contributed by atoms with van der Waals surface area (Å²) in [5.74, 6) is -31.4. The zero-order chi connectivity index (χ0) is 93.8. The highest BCUT2D eigenvalue weighted by Gasteiger charge is 2.67. The zero-order valence-corrected chi connectivity index (χ0v) is 65.5. The van der Waals surface area contributed by atoms with Crippen LogP contribution in [0.4, 0.5) is 0 Å². The van der Waals surface area contributed by atoms with Gasteiger partial charge in [-0.2, -0.15) is 0 Å². The van der Waals surface area contributed by atoms with Crippen molar-refractivity contribution in [1.82, 2.24) is 10.6 Å². The average Bonchev–Trinajstić information content (AvgIpc) is 0.756. The number of nitrogens with one attached hydrogen (secondary N) is 2. The van der Waals surface area contributed by atoms with Crippen molar-refractivity contribution in [3.8, 4) is 0 Å². The molecule has 0 spiro atoms. The fourth-order valence-electron chi connectivity index (χ4n) is 15.5. The van der Waals surface area contributed by atoms with Gasteiger partial charge in [-0.15, -0.1) is 0 Å². The van der Waals surface area contributed by atoms with Crippen LogP contribution in [0.15, 0.2) is 0 Å². The van der Waals surface area contributed by atoms with Crippen molar-refractivity contribution in [1.29, 1.82) is 0 Å². The molecule has 2 amide bonds. The van der Waals surface area contributed by atoms with E-state index in [1.54, 1.807) is 0 Å². The van der Waals surface area contributed by atoms with Crippen LogP contribution in [-0.4, -0.2) is 542 Å². The molecule has 0 aromatic carbocycles. The first-order valence-electron chi connectivity index (χ1n) is 38.3. The summed E-state index contributed by atoms with van der Waals surface area (Å²) in [5, 5.41) is 376. The van der Waals surface area contributed by atoms with Gasteiger partial charge in [0, 0.05) is 46.0 Å². The van der Waals surface area contributed by atoms with Crippen molar-refractivity contribution >= 4 is 41.7 Å². The summed E-state index contributed by atoms with van der Waals surface area (Å²) in [6.45, 7) is -9.87. The first-order valence-corrected chi connectivity index (χ1v) is 38.3. The molecule has 722 valence electrons. The van der Waals surface area contributed by atoms with E-state index in [0.717, 1.165) is 13.8 Å². The fourth-order valence-corrected chi connectivity index (χ4v) is 15.5. The van der Waals surface area contributed by atoms with E-state index < -0.39 is 400 Å². The molecule has 36 N–H and O–H groups in total. The second kappa shape index (κ2) is 42.8. The molecule has 0 aromatic rings. The van der Waals surface area contributed by atoms with Crippen LogP contribution in [0.25, 0.3) is 0 Å². The third-order valence-corrected chi connectivity index (χ3v) is 22.4. The molecule has 8 aliphatic heterocycles. The molecule has 0 radical (unpaired) electrons. The molecule has 45 atom stereocenters. The Morgan fingerprint density at radius 1 is 0.344 bits per heavy atom. The number of rotatable bonds is 39. The van der Waals surface area contributed by atoms with Crippen LogP contribution in [0.2, 0.25) is 0 Å². The Kier molecular flexibility index (Phi) is 35.9. The maximum atomic E-state index is 13.5. The second-order valence-electron chi connectivity index (χ2n) is 31.0. The minimum absolute atomic E-state index is 0.832. The molecular weight excluding hydrogens is 1730 g/mol. The molecule has 8 fully saturated rings. The van der Waals surface area contributed by atoms with Gasteiger partial charge in [-0.1, -0.05) is 0 Å². The third-order valence-electron chi connectivity index (χ3n) is 22.4. The molecule has 0 aliphatic carbocycles. The van der Waals surface area contributed by atoms with Crippen molar-refractivity contribution in [2.45, 2.75) is 319 Å². The molecule has 58 nitrogen and oxygen atoms in total. The Labute approximate surface area is 701 Å². The molecular formula is C67H108N2O56. The Balaban J connectivity index is 1.01. The highest BCUT2D eigenvalue weighted by molar-refractivity contribution is 5.78. The van der Waals surface area contributed by atoms with Crippen molar-refractivity contribution in [3.05, 3.63) is 0 Å². The van der Waals surface area contributed by atoms with E-state index in [9.17, 15) is 207 Å². The van der Waals surface area contributed by atoms with Gasteiger partial charge in [0.2, 0.25) is 11.8 Å². The van der Waals surface area contributed by atoms with Gasteiger partial charge in [0.25, 0.3) is 28.9 Å². The van der Waals surface area contributed by atoms with E-state index in [1.165, 1.54) is 0 Å². The number of hydrogen-bond donors (Lipinski definition) is 36. The van der Waals surface area contributed by atoms with E-state index in [-0.39, 0.29) is 0 Å². The smallest absolute Gasteiger partial charge is 0.364 e. The SMILES string of the molecule is CC(=O)N[C@@H]1[C@@H](O[C@H]2O[C@H](CO)[C@H](O)[C@H](O[C@@H]3O[C@H](CO)[C@H](O)[C@H](O[C@]4(C(=O)O)C[C@H](O)[C@@H](O)[C@H]([C@H](O)[C@H](O)CO)O4)[C@H]3O)[C@H]2NC(C)=O)[C@@H](O)[C@@H](CO[C@]2(C(=O)O)C[C@H](O)[C@@H](O)[C@H]([C@H](O)[C@@H](CO)O[C@]3(C(=O)O)C[C@H](O)[C@@H](O)[C@H]([C@H](O)[C@@H](CO)O[C@]4(C(=O)O)C[C@H](O)[C@@H](O)[C@H]([C@H](O)[C@@H](CO)O[C@]5(C(=O)O)C[C@H](O)[C@@H](O)[C@H]([C@H](O)[C@H](O)CO)O5)O4)O3)O2)O[C@@H]1O. The number of aliphatic hydroxyl groups excluding tert-OH is 29. The number of amides is 2. The number of aliphatic hydroxyl groups is 29. The van der Waals surface area contributed by atoms with Crippen LogP contribution in [0.5, 0.6) is 0 Å². The Hall–Kier alpha value is -5.47. The molecule has 0 aromatic heterocycles. The summed E-state index contributed by atoms with van der Waals surface area (Å²) >= 11 is 0. The predicted octanol–water partition coefficient (Wildman–Crippen LogP) is -22.1. The molecule has 0 bridgehead atoms. The maximum absolute atomic E-state index is 13.5. The maximum Gasteiger partial charge on any atom is 0.364 e. The summed E-state index contributed by atoms with van der Waals surface area (Å²) in [6, 6.07) is -4.18. The van der Waals surface area contributed by atoms with E-state index in [1.807, 2.05) is 0 Å².